The number of aromatic nitrogens is 1. The molecule has 1 heterocycles. The summed E-state index contributed by atoms with van der Waals surface area (Å²) >= 11 is 1.27. The Morgan fingerprint density at radius 1 is 1.00 bits per heavy atom. The SMILES string of the molecule is Cc1cccc(C)c1-n1c(-c2ccc(OC(F)(F)F)cc2)csc1=N. The molecule has 3 aromatic rings. The quantitative estimate of drug-likeness (QED) is 0.681. The van der Waals surface area contributed by atoms with E-state index < -0.39 is 6.36 Å². The number of benzene rings is 2. The van der Waals surface area contributed by atoms with Gasteiger partial charge in [0, 0.05) is 5.38 Å². The van der Waals surface area contributed by atoms with Gasteiger partial charge in [-0.25, -0.2) is 0 Å². The molecule has 2 aromatic carbocycles. The third-order valence-electron chi connectivity index (χ3n) is 3.77. The second-order valence-electron chi connectivity index (χ2n) is 5.57. The van der Waals surface area contributed by atoms with Crippen LogP contribution in [0.4, 0.5) is 13.2 Å². The first-order valence-corrected chi connectivity index (χ1v) is 8.32. The smallest absolute Gasteiger partial charge is 0.406 e. The van der Waals surface area contributed by atoms with Gasteiger partial charge >= 0.3 is 6.36 Å². The first kappa shape index (κ1) is 17.3. The molecule has 0 unspecified atom stereocenters. The second-order valence-corrected chi connectivity index (χ2v) is 6.43. The van der Waals surface area contributed by atoms with E-state index in [4.69, 9.17) is 5.41 Å². The Balaban J connectivity index is 2.07. The van der Waals surface area contributed by atoms with Crippen LogP contribution >= 0.6 is 11.3 Å². The molecule has 130 valence electrons. The molecular weight excluding hydrogens is 349 g/mol. The zero-order chi connectivity index (χ0) is 18.2. The van der Waals surface area contributed by atoms with Gasteiger partial charge in [-0.05, 0) is 54.8 Å². The number of nitrogens with one attached hydrogen (secondary N) is 1. The Morgan fingerprint density at radius 3 is 2.16 bits per heavy atom. The lowest BCUT2D eigenvalue weighted by atomic mass is 10.1. The fourth-order valence-electron chi connectivity index (χ4n) is 2.73. The Hall–Kier alpha value is -2.54. The predicted molar refractivity (Wildman–Crippen MR) is 91.1 cm³/mol. The first-order valence-electron chi connectivity index (χ1n) is 7.44. The fourth-order valence-corrected chi connectivity index (χ4v) is 3.49. The van der Waals surface area contributed by atoms with Crippen LogP contribution in [0.5, 0.6) is 5.75 Å². The van der Waals surface area contributed by atoms with E-state index >= 15 is 0 Å². The zero-order valence-corrected chi connectivity index (χ0v) is 14.3. The summed E-state index contributed by atoms with van der Waals surface area (Å²) in [6.07, 6.45) is -4.71. The van der Waals surface area contributed by atoms with Crippen LogP contribution in [0.15, 0.2) is 47.8 Å². The van der Waals surface area contributed by atoms with Crippen molar-refractivity contribution in [1.29, 1.82) is 5.41 Å². The van der Waals surface area contributed by atoms with Crippen molar-refractivity contribution < 1.29 is 17.9 Å². The molecule has 25 heavy (non-hydrogen) atoms. The van der Waals surface area contributed by atoms with E-state index in [-0.39, 0.29) is 5.75 Å². The number of para-hydroxylation sites is 1. The monoisotopic (exact) mass is 364 g/mol. The fraction of sp³-hybridized carbons (Fsp3) is 0.167. The Morgan fingerprint density at radius 2 is 1.60 bits per heavy atom. The van der Waals surface area contributed by atoms with Gasteiger partial charge in [0.25, 0.3) is 0 Å². The van der Waals surface area contributed by atoms with Gasteiger partial charge in [-0.3, -0.25) is 9.98 Å². The summed E-state index contributed by atoms with van der Waals surface area (Å²) in [5.74, 6) is -0.267. The molecule has 1 aromatic heterocycles. The molecule has 0 atom stereocenters. The molecule has 0 aliphatic heterocycles. The Labute approximate surface area is 146 Å². The maximum atomic E-state index is 12.3. The molecule has 0 amide bonds. The Kier molecular flexibility index (Phi) is 4.43. The lowest BCUT2D eigenvalue weighted by Gasteiger charge is -2.15. The van der Waals surface area contributed by atoms with Crippen molar-refractivity contribution in [2.24, 2.45) is 0 Å². The van der Waals surface area contributed by atoms with E-state index in [0.717, 1.165) is 22.5 Å². The van der Waals surface area contributed by atoms with Crippen LogP contribution in [0, 0.1) is 19.3 Å². The lowest BCUT2D eigenvalue weighted by Crippen LogP contribution is -2.17. The van der Waals surface area contributed by atoms with Crippen molar-refractivity contribution in [2.45, 2.75) is 20.2 Å². The minimum absolute atomic E-state index is 0.267. The summed E-state index contributed by atoms with van der Waals surface area (Å²) < 4.78 is 42.6. The number of alkyl halides is 3. The van der Waals surface area contributed by atoms with Crippen LogP contribution in [0.3, 0.4) is 0 Å². The second kappa shape index (κ2) is 6.40. The third kappa shape index (κ3) is 3.61. The first-order chi connectivity index (χ1) is 11.8. The number of ether oxygens (including phenoxy) is 1. The van der Waals surface area contributed by atoms with Crippen LogP contribution in [-0.2, 0) is 0 Å². The number of rotatable bonds is 3. The summed E-state index contributed by atoms with van der Waals surface area (Å²) in [7, 11) is 0. The van der Waals surface area contributed by atoms with Gasteiger partial charge < -0.3 is 4.74 Å². The summed E-state index contributed by atoms with van der Waals surface area (Å²) in [5.41, 5.74) is 4.43. The van der Waals surface area contributed by atoms with Gasteiger partial charge in [-0.1, -0.05) is 18.2 Å². The van der Waals surface area contributed by atoms with Crippen molar-refractivity contribution in [3.63, 3.8) is 0 Å². The Bertz CT molecular complexity index is 935. The van der Waals surface area contributed by atoms with E-state index in [1.54, 1.807) is 12.1 Å². The summed E-state index contributed by atoms with van der Waals surface area (Å²) in [6.45, 7) is 3.94. The molecule has 0 saturated heterocycles. The molecule has 0 spiro atoms. The van der Waals surface area contributed by atoms with E-state index in [1.807, 2.05) is 42.0 Å². The van der Waals surface area contributed by atoms with Crippen LogP contribution in [0.25, 0.3) is 16.9 Å². The van der Waals surface area contributed by atoms with Crippen molar-refractivity contribution in [2.75, 3.05) is 0 Å². The van der Waals surface area contributed by atoms with Crippen LogP contribution in [0.2, 0.25) is 0 Å². The standard InChI is InChI=1S/C18H15F3N2OS/c1-11-4-3-5-12(2)16(11)23-15(10-25-17(23)22)13-6-8-14(9-7-13)24-18(19,20)21/h3-10,22H,1-2H3. The third-order valence-corrected chi connectivity index (χ3v) is 4.52. The molecule has 7 heteroatoms. The summed E-state index contributed by atoms with van der Waals surface area (Å²) in [4.78, 5) is 0.350. The minimum atomic E-state index is -4.71. The highest BCUT2D eigenvalue weighted by atomic mass is 32.1. The van der Waals surface area contributed by atoms with E-state index in [9.17, 15) is 13.2 Å². The molecular formula is C18H15F3N2OS. The van der Waals surface area contributed by atoms with Gasteiger partial charge in [0.05, 0.1) is 11.4 Å². The molecule has 1 N–H and O–H groups in total. The number of hydrogen-bond donors (Lipinski definition) is 1. The average Bonchev–Trinajstić information content (AvgIpc) is 2.88. The summed E-state index contributed by atoms with van der Waals surface area (Å²) in [5, 5.41) is 10.1. The topological polar surface area (TPSA) is 38.0 Å². The molecule has 0 aliphatic carbocycles. The van der Waals surface area contributed by atoms with E-state index in [1.165, 1.54) is 23.5 Å². The normalized spacial score (nSPS) is 11.6. The molecule has 3 nitrogen and oxygen atoms in total. The summed E-state index contributed by atoms with van der Waals surface area (Å²) in [6, 6.07) is 11.6. The van der Waals surface area contributed by atoms with Gasteiger partial charge in [-0.15, -0.1) is 24.5 Å². The average molecular weight is 364 g/mol. The zero-order valence-electron chi connectivity index (χ0n) is 13.5. The van der Waals surface area contributed by atoms with Gasteiger partial charge in [0.1, 0.15) is 5.75 Å². The van der Waals surface area contributed by atoms with Crippen molar-refractivity contribution in [3.8, 4) is 22.7 Å². The van der Waals surface area contributed by atoms with Gasteiger partial charge in [0.15, 0.2) is 4.80 Å². The van der Waals surface area contributed by atoms with Crippen LogP contribution < -0.4 is 9.54 Å². The maximum Gasteiger partial charge on any atom is 0.573 e. The maximum absolute atomic E-state index is 12.3. The molecule has 0 saturated carbocycles. The molecule has 0 bridgehead atoms. The molecule has 0 aliphatic rings. The number of nitrogens with zero attached hydrogens (tertiary/aromatic N) is 1. The van der Waals surface area contributed by atoms with Gasteiger partial charge in [0.2, 0.25) is 0 Å². The minimum Gasteiger partial charge on any atom is -0.406 e. The van der Waals surface area contributed by atoms with Gasteiger partial charge in [-0.2, -0.15) is 0 Å². The molecule has 0 radical (unpaired) electrons. The lowest BCUT2D eigenvalue weighted by molar-refractivity contribution is -0.274. The number of aryl methyl sites for hydroxylation is 2. The highest BCUT2D eigenvalue weighted by Gasteiger charge is 2.31. The molecule has 3 rings (SSSR count). The number of thiazole rings is 1. The highest BCUT2D eigenvalue weighted by Crippen LogP contribution is 2.29. The van der Waals surface area contributed by atoms with Crippen molar-refractivity contribution >= 4 is 11.3 Å². The number of halogens is 3. The highest BCUT2D eigenvalue weighted by molar-refractivity contribution is 7.07. The van der Waals surface area contributed by atoms with E-state index in [2.05, 4.69) is 4.74 Å². The van der Waals surface area contributed by atoms with Crippen molar-refractivity contribution in [3.05, 3.63) is 63.8 Å². The van der Waals surface area contributed by atoms with Crippen molar-refractivity contribution in [1.82, 2.24) is 4.57 Å². The van der Waals surface area contributed by atoms with Crippen LogP contribution in [0.1, 0.15) is 11.1 Å². The van der Waals surface area contributed by atoms with E-state index in [0.29, 0.717) is 10.4 Å². The predicted octanol–water partition coefficient (Wildman–Crippen LogP) is 5.20. The molecule has 0 fully saturated rings. The number of hydrogen-bond acceptors (Lipinski definition) is 3. The largest absolute Gasteiger partial charge is 0.573 e. The van der Waals surface area contributed by atoms with Crippen LogP contribution in [-0.4, -0.2) is 10.9 Å².